The molecule has 9 heteroatoms. The molecule has 9 nitrogen and oxygen atoms in total. The maximum atomic E-state index is 13.0. The topological polar surface area (TPSA) is 108 Å². The van der Waals surface area contributed by atoms with Crippen LogP contribution in [0.2, 0.25) is 0 Å². The molecule has 5 aromatic rings. The van der Waals surface area contributed by atoms with E-state index >= 15 is 0 Å². The fourth-order valence-electron chi connectivity index (χ4n) is 5.69. The van der Waals surface area contributed by atoms with Crippen molar-refractivity contribution in [2.45, 2.75) is 39.7 Å². The Morgan fingerprint density at radius 1 is 1.05 bits per heavy atom. The summed E-state index contributed by atoms with van der Waals surface area (Å²) in [4.78, 5) is 34.4. The number of aromatic amines is 2. The lowest BCUT2D eigenvalue weighted by atomic mass is 9.93. The van der Waals surface area contributed by atoms with E-state index in [2.05, 4.69) is 39.1 Å². The Hall–Kier alpha value is -4.63. The SMILES string of the molecule is CC(C)(COc1ccc2[nH]c(-c3cc(NC(=O)c4cnn(Cc5ccccc5)c4)c[nH]c3=O)cc2c1)CN1CCCCC1. The first kappa shape index (κ1) is 28.5. The third-order valence-corrected chi connectivity index (χ3v) is 7.86. The van der Waals surface area contributed by atoms with Crippen LogP contribution in [0.1, 0.15) is 49.0 Å². The number of pyridine rings is 1. The highest BCUT2D eigenvalue weighted by atomic mass is 16.5. The van der Waals surface area contributed by atoms with Crippen molar-refractivity contribution >= 4 is 22.5 Å². The second-order valence-electron chi connectivity index (χ2n) is 12.2. The number of carbonyl (C=O) groups is 1. The van der Waals surface area contributed by atoms with E-state index in [0.717, 1.165) is 28.8 Å². The molecule has 3 aromatic heterocycles. The maximum absolute atomic E-state index is 13.0. The van der Waals surface area contributed by atoms with E-state index < -0.39 is 0 Å². The average molecular weight is 579 g/mol. The van der Waals surface area contributed by atoms with Crippen LogP contribution < -0.4 is 15.6 Å². The van der Waals surface area contributed by atoms with Crippen LogP contribution in [0.3, 0.4) is 0 Å². The van der Waals surface area contributed by atoms with Gasteiger partial charge < -0.3 is 24.9 Å². The number of fused-ring (bicyclic) bond motifs is 1. The number of carbonyl (C=O) groups excluding carboxylic acids is 1. The molecule has 1 amide bonds. The molecule has 0 atom stereocenters. The van der Waals surface area contributed by atoms with Crippen LogP contribution in [0.25, 0.3) is 22.2 Å². The van der Waals surface area contributed by atoms with Gasteiger partial charge in [-0.1, -0.05) is 50.6 Å². The van der Waals surface area contributed by atoms with E-state index in [1.165, 1.54) is 44.7 Å². The van der Waals surface area contributed by atoms with Crippen LogP contribution in [-0.4, -0.2) is 56.8 Å². The number of piperidine rings is 1. The Bertz CT molecular complexity index is 1760. The summed E-state index contributed by atoms with van der Waals surface area (Å²) in [5, 5.41) is 8.14. The molecule has 4 heterocycles. The van der Waals surface area contributed by atoms with Crippen molar-refractivity contribution in [1.29, 1.82) is 0 Å². The summed E-state index contributed by atoms with van der Waals surface area (Å²) in [6, 6.07) is 19.5. The molecule has 1 aliphatic heterocycles. The summed E-state index contributed by atoms with van der Waals surface area (Å²) in [7, 11) is 0. The Morgan fingerprint density at radius 2 is 1.86 bits per heavy atom. The molecule has 43 heavy (non-hydrogen) atoms. The summed E-state index contributed by atoms with van der Waals surface area (Å²) in [5.41, 5.74) is 3.77. The normalized spacial score (nSPS) is 14.2. The number of amides is 1. The molecule has 2 aromatic carbocycles. The molecule has 0 spiro atoms. The summed E-state index contributed by atoms with van der Waals surface area (Å²) in [5.74, 6) is 0.492. The first-order valence-corrected chi connectivity index (χ1v) is 14.9. The van der Waals surface area contributed by atoms with Gasteiger partial charge in [0.05, 0.1) is 41.9 Å². The van der Waals surface area contributed by atoms with E-state index in [-0.39, 0.29) is 16.9 Å². The highest BCUT2D eigenvalue weighted by Gasteiger charge is 2.24. The van der Waals surface area contributed by atoms with E-state index in [9.17, 15) is 9.59 Å². The number of anilines is 1. The van der Waals surface area contributed by atoms with Crippen LogP contribution >= 0.6 is 0 Å². The third-order valence-electron chi connectivity index (χ3n) is 7.86. The predicted molar refractivity (Wildman–Crippen MR) is 170 cm³/mol. The van der Waals surface area contributed by atoms with Crippen LogP contribution in [0.4, 0.5) is 5.69 Å². The van der Waals surface area contributed by atoms with Crippen molar-refractivity contribution in [2.75, 3.05) is 31.6 Å². The van der Waals surface area contributed by atoms with Gasteiger partial charge in [0, 0.05) is 35.3 Å². The van der Waals surface area contributed by atoms with Crippen molar-refractivity contribution in [3.63, 3.8) is 0 Å². The highest BCUT2D eigenvalue weighted by Crippen LogP contribution is 2.28. The number of aromatic nitrogens is 4. The lowest BCUT2D eigenvalue weighted by Crippen LogP contribution is -2.40. The zero-order valence-corrected chi connectivity index (χ0v) is 24.7. The molecular formula is C34H38N6O3. The van der Waals surface area contributed by atoms with Gasteiger partial charge in [0.1, 0.15) is 5.75 Å². The molecule has 1 aliphatic rings. The molecule has 0 radical (unpaired) electrons. The highest BCUT2D eigenvalue weighted by molar-refractivity contribution is 6.04. The first-order valence-electron chi connectivity index (χ1n) is 14.9. The zero-order chi connectivity index (χ0) is 29.8. The van der Waals surface area contributed by atoms with Crippen molar-refractivity contribution in [3.8, 4) is 17.0 Å². The number of nitrogens with one attached hydrogen (secondary N) is 3. The van der Waals surface area contributed by atoms with Gasteiger partial charge in [-0.2, -0.15) is 5.10 Å². The Morgan fingerprint density at radius 3 is 2.67 bits per heavy atom. The molecule has 0 aliphatic carbocycles. The molecule has 0 bridgehead atoms. The number of rotatable bonds is 10. The van der Waals surface area contributed by atoms with Crippen LogP contribution in [0, 0.1) is 5.41 Å². The number of nitrogens with zero attached hydrogens (tertiary/aromatic N) is 3. The van der Waals surface area contributed by atoms with Gasteiger partial charge >= 0.3 is 0 Å². The van der Waals surface area contributed by atoms with Crippen molar-refractivity contribution < 1.29 is 9.53 Å². The maximum Gasteiger partial charge on any atom is 0.258 e. The van der Waals surface area contributed by atoms with Crippen molar-refractivity contribution in [2.24, 2.45) is 5.41 Å². The fourth-order valence-corrected chi connectivity index (χ4v) is 5.69. The van der Waals surface area contributed by atoms with Crippen molar-refractivity contribution in [1.82, 2.24) is 24.6 Å². The van der Waals surface area contributed by atoms with Gasteiger partial charge in [0.15, 0.2) is 0 Å². The minimum Gasteiger partial charge on any atom is -0.493 e. The van der Waals surface area contributed by atoms with Gasteiger partial charge in [-0.25, -0.2) is 0 Å². The fraction of sp³-hybridized carbons (Fsp3) is 0.324. The minimum atomic E-state index is -0.307. The molecule has 0 unspecified atom stereocenters. The summed E-state index contributed by atoms with van der Waals surface area (Å²) in [6.45, 7) is 9.07. The number of ether oxygens (including phenoxy) is 1. The van der Waals surface area contributed by atoms with Gasteiger partial charge in [-0.15, -0.1) is 0 Å². The molecule has 6 rings (SSSR count). The molecule has 0 saturated carbocycles. The Kier molecular flexibility index (Phi) is 8.16. The summed E-state index contributed by atoms with van der Waals surface area (Å²) in [6.07, 6.45) is 8.64. The van der Waals surface area contributed by atoms with Crippen LogP contribution in [-0.2, 0) is 6.54 Å². The second-order valence-corrected chi connectivity index (χ2v) is 12.2. The molecular weight excluding hydrogens is 540 g/mol. The Labute approximate surface area is 250 Å². The first-order chi connectivity index (χ1) is 20.8. The average Bonchev–Trinajstić information content (AvgIpc) is 3.65. The molecule has 222 valence electrons. The second kappa shape index (κ2) is 12.3. The number of hydrogen-bond acceptors (Lipinski definition) is 5. The lowest BCUT2D eigenvalue weighted by molar-refractivity contribution is 0.102. The number of hydrogen-bond donors (Lipinski definition) is 3. The monoisotopic (exact) mass is 578 g/mol. The van der Waals surface area contributed by atoms with E-state index in [1.54, 1.807) is 16.9 Å². The van der Waals surface area contributed by atoms with Gasteiger partial charge in [0.25, 0.3) is 11.5 Å². The van der Waals surface area contributed by atoms with E-state index in [0.29, 0.717) is 35.7 Å². The zero-order valence-electron chi connectivity index (χ0n) is 24.7. The quantitative estimate of drug-likeness (QED) is 0.191. The Balaban J connectivity index is 1.12. The van der Waals surface area contributed by atoms with E-state index in [4.69, 9.17) is 4.74 Å². The molecule has 1 fully saturated rings. The smallest absolute Gasteiger partial charge is 0.258 e. The van der Waals surface area contributed by atoms with Gasteiger partial charge in [0.2, 0.25) is 0 Å². The number of likely N-dealkylation sites (tertiary alicyclic amines) is 1. The largest absolute Gasteiger partial charge is 0.493 e. The molecule has 3 N–H and O–H groups in total. The molecule has 1 saturated heterocycles. The number of H-pyrrole nitrogens is 2. The van der Waals surface area contributed by atoms with Crippen LogP contribution in [0.5, 0.6) is 5.75 Å². The standard InChI is InChI=1S/C34H38N6O3/c1-34(2,22-39-13-7-4-8-14-39)23-43-28-11-12-30-25(15-28)16-31(38-30)29-17-27(19-35-33(29)42)37-32(41)26-18-36-40(21-26)20-24-9-5-3-6-10-24/h3,5-6,9-12,15-19,21,38H,4,7-8,13-14,20,22-23H2,1-2H3,(H,35,42)(H,37,41). The predicted octanol–water partition coefficient (Wildman–Crippen LogP) is 5.91. The lowest BCUT2D eigenvalue weighted by Gasteiger charge is -2.34. The van der Waals surface area contributed by atoms with Crippen LogP contribution in [0.15, 0.2) is 84.0 Å². The van der Waals surface area contributed by atoms with Gasteiger partial charge in [-0.3, -0.25) is 14.3 Å². The van der Waals surface area contributed by atoms with Gasteiger partial charge in [-0.05, 0) is 61.8 Å². The third kappa shape index (κ3) is 7.06. The van der Waals surface area contributed by atoms with Crippen molar-refractivity contribution in [3.05, 3.63) is 101 Å². The summed E-state index contributed by atoms with van der Waals surface area (Å²) >= 11 is 0. The van der Waals surface area contributed by atoms with E-state index in [1.807, 2.05) is 54.6 Å². The number of benzene rings is 2. The summed E-state index contributed by atoms with van der Waals surface area (Å²) < 4.78 is 7.96. The minimum absolute atomic E-state index is 0.0361.